The summed E-state index contributed by atoms with van der Waals surface area (Å²) in [5.74, 6) is 0. The Labute approximate surface area is 82.4 Å². The lowest BCUT2D eigenvalue weighted by atomic mass is 10.2. The Balaban J connectivity index is 2.50. The summed E-state index contributed by atoms with van der Waals surface area (Å²) in [7, 11) is 0. The average Bonchev–Trinajstić information content (AvgIpc) is 2.30. The molecule has 0 saturated heterocycles. The van der Waals surface area contributed by atoms with Crippen LogP contribution in [0.2, 0.25) is 5.02 Å². The number of thiophene rings is 1. The molecule has 1 aromatic rings. The lowest BCUT2D eigenvalue weighted by molar-refractivity contribution is 0.112. The van der Waals surface area contributed by atoms with Crippen LogP contribution in [-0.4, -0.2) is 6.61 Å². The molecule has 0 fully saturated rings. The van der Waals surface area contributed by atoms with E-state index in [1.165, 1.54) is 10.4 Å². The highest BCUT2D eigenvalue weighted by Crippen LogP contribution is 2.39. The number of halogens is 2. The smallest absolute Gasteiger partial charge is 0.0891 e. The minimum absolute atomic E-state index is 0.677. The van der Waals surface area contributed by atoms with Gasteiger partial charge in [-0.25, -0.2) is 0 Å². The first kappa shape index (κ1) is 8.05. The third kappa shape index (κ3) is 1.35. The number of rotatable bonds is 0. The predicted octanol–water partition coefficient (Wildman–Crippen LogP) is 3.24. The monoisotopic (exact) mass is 252 g/mol. The van der Waals surface area contributed by atoms with Crippen molar-refractivity contribution in [3.63, 3.8) is 0 Å². The lowest BCUT2D eigenvalue weighted by Gasteiger charge is -2.11. The molecule has 4 heteroatoms. The van der Waals surface area contributed by atoms with Gasteiger partial charge in [-0.3, -0.25) is 0 Å². The van der Waals surface area contributed by atoms with Crippen LogP contribution in [0.5, 0.6) is 0 Å². The molecule has 1 aliphatic heterocycles. The normalized spacial score (nSPS) is 16.5. The summed E-state index contributed by atoms with van der Waals surface area (Å²) in [6.45, 7) is 1.51. The van der Waals surface area contributed by atoms with E-state index < -0.39 is 0 Å². The highest BCUT2D eigenvalue weighted by atomic mass is 79.9. The Morgan fingerprint density at radius 2 is 2.36 bits per heavy atom. The van der Waals surface area contributed by atoms with Crippen molar-refractivity contribution in [2.75, 3.05) is 6.61 Å². The second kappa shape index (κ2) is 3.05. The van der Waals surface area contributed by atoms with Gasteiger partial charge in [0.2, 0.25) is 0 Å². The molecule has 0 radical (unpaired) electrons. The fourth-order valence-electron chi connectivity index (χ4n) is 1.14. The summed E-state index contributed by atoms with van der Waals surface area (Å²) in [4.78, 5) is 1.37. The fourth-order valence-corrected chi connectivity index (χ4v) is 3.21. The molecule has 2 heterocycles. The molecule has 1 nitrogen and oxygen atoms in total. The van der Waals surface area contributed by atoms with Crippen LogP contribution in [0.25, 0.3) is 0 Å². The van der Waals surface area contributed by atoms with E-state index in [-0.39, 0.29) is 0 Å². The van der Waals surface area contributed by atoms with Gasteiger partial charge in [0, 0.05) is 16.9 Å². The first-order chi connectivity index (χ1) is 5.29. The van der Waals surface area contributed by atoms with Crippen LogP contribution >= 0.6 is 38.9 Å². The van der Waals surface area contributed by atoms with Crippen molar-refractivity contribution >= 4 is 38.9 Å². The van der Waals surface area contributed by atoms with E-state index in [1.807, 2.05) is 0 Å². The van der Waals surface area contributed by atoms with E-state index in [0.717, 1.165) is 21.8 Å². The van der Waals surface area contributed by atoms with Gasteiger partial charge in [-0.1, -0.05) is 11.6 Å². The molecule has 0 N–H and O–H groups in total. The van der Waals surface area contributed by atoms with Crippen molar-refractivity contribution in [1.82, 2.24) is 0 Å². The third-order valence-electron chi connectivity index (χ3n) is 1.71. The molecule has 0 unspecified atom stereocenters. The number of hydrogen-bond acceptors (Lipinski definition) is 2. The van der Waals surface area contributed by atoms with E-state index in [1.54, 1.807) is 11.3 Å². The van der Waals surface area contributed by atoms with Gasteiger partial charge in [0.15, 0.2) is 0 Å². The summed E-state index contributed by atoms with van der Waals surface area (Å²) in [5, 5.41) is 0.838. The molecule has 1 aliphatic rings. The van der Waals surface area contributed by atoms with E-state index in [2.05, 4.69) is 15.9 Å². The standard InChI is InChI=1S/C7H6BrClOS/c8-7-6(9)4-3-10-2-1-5(4)11-7/h1-3H2. The molecule has 11 heavy (non-hydrogen) atoms. The molecular formula is C7H6BrClOS. The molecule has 0 aliphatic carbocycles. The van der Waals surface area contributed by atoms with Crippen molar-refractivity contribution in [3.8, 4) is 0 Å². The van der Waals surface area contributed by atoms with Crippen molar-refractivity contribution < 1.29 is 4.74 Å². The SMILES string of the molecule is Clc1c(Br)sc2c1COCC2. The first-order valence-corrected chi connectivity index (χ1v) is 5.31. The summed E-state index contributed by atoms with van der Waals surface area (Å²) in [5.41, 5.74) is 1.18. The van der Waals surface area contributed by atoms with Crippen LogP contribution in [0.4, 0.5) is 0 Å². The van der Waals surface area contributed by atoms with Crippen molar-refractivity contribution in [3.05, 3.63) is 19.2 Å². The van der Waals surface area contributed by atoms with Gasteiger partial charge in [-0.05, 0) is 15.9 Å². The molecule has 0 bridgehead atoms. The highest BCUT2D eigenvalue weighted by molar-refractivity contribution is 9.11. The van der Waals surface area contributed by atoms with Crippen LogP contribution in [-0.2, 0) is 17.8 Å². The zero-order chi connectivity index (χ0) is 7.84. The Bertz CT molecular complexity index is 284. The van der Waals surface area contributed by atoms with Crippen molar-refractivity contribution in [2.24, 2.45) is 0 Å². The molecule has 0 spiro atoms. The Morgan fingerprint density at radius 3 is 3.09 bits per heavy atom. The Morgan fingerprint density at radius 1 is 1.55 bits per heavy atom. The van der Waals surface area contributed by atoms with Gasteiger partial charge in [0.25, 0.3) is 0 Å². The molecule has 0 amide bonds. The predicted molar refractivity (Wildman–Crippen MR) is 50.4 cm³/mol. The minimum atomic E-state index is 0.677. The van der Waals surface area contributed by atoms with Crippen LogP contribution in [0, 0.1) is 0 Å². The van der Waals surface area contributed by atoms with E-state index in [0.29, 0.717) is 6.61 Å². The summed E-state index contributed by atoms with van der Waals surface area (Å²) in [6.07, 6.45) is 1.01. The van der Waals surface area contributed by atoms with E-state index >= 15 is 0 Å². The quantitative estimate of drug-likeness (QED) is 0.690. The second-order valence-electron chi connectivity index (χ2n) is 2.39. The van der Waals surface area contributed by atoms with Gasteiger partial charge in [-0.2, -0.15) is 0 Å². The van der Waals surface area contributed by atoms with E-state index in [9.17, 15) is 0 Å². The summed E-state index contributed by atoms with van der Waals surface area (Å²) in [6, 6.07) is 0. The largest absolute Gasteiger partial charge is 0.376 e. The molecular weight excluding hydrogens is 247 g/mol. The summed E-state index contributed by atoms with van der Waals surface area (Å²) < 4.78 is 6.33. The molecule has 1 aromatic heterocycles. The molecule has 0 saturated carbocycles. The molecule has 60 valence electrons. The van der Waals surface area contributed by atoms with Crippen LogP contribution in [0.3, 0.4) is 0 Å². The zero-order valence-electron chi connectivity index (χ0n) is 5.69. The van der Waals surface area contributed by atoms with Gasteiger partial charge >= 0.3 is 0 Å². The number of ether oxygens (including phenoxy) is 1. The average molecular weight is 254 g/mol. The maximum Gasteiger partial charge on any atom is 0.0891 e. The second-order valence-corrected chi connectivity index (χ2v) is 5.20. The van der Waals surface area contributed by atoms with Gasteiger partial charge in [-0.15, -0.1) is 11.3 Å². The number of hydrogen-bond donors (Lipinski definition) is 0. The van der Waals surface area contributed by atoms with Gasteiger partial charge in [0.05, 0.1) is 22.0 Å². The maximum absolute atomic E-state index is 6.01. The minimum Gasteiger partial charge on any atom is -0.376 e. The highest BCUT2D eigenvalue weighted by Gasteiger charge is 2.18. The van der Waals surface area contributed by atoms with Crippen LogP contribution in [0.1, 0.15) is 10.4 Å². The third-order valence-corrected chi connectivity index (χ3v) is 4.43. The van der Waals surface area contributed by atoms with Crippen molar-refractivity contribution in [1.29, 1.82) is 0 Å². The Hall–Kier alpha value is 0.430. The maximum atomic E-state index is 6.01. The Kier molecular flexibility index (Phi) is 2.23. The fraction of sp³-hybridized carbons (Fsp3) is 0.429. The van der Waals surface area contributed by atoms with Gasteiger partial charge < -0.3 is 4.74 Å². The van der Waals surface area contributed by atoms with Crippen LogP contribution in [0.15, 0.2) is 3.79 Å². The molecule has 0 aromatic carbocycles. The molecule has 2 rings (SSSR count). The van der Waals surface area contributed by atoms with Crippen molar-refractivity contribution in [2.45, 2.75) is 13.0 Å². The zero-order valence-corrected chi connectivity index (χ0v) is 8.85. The van der Waals surface area contributed by atoms with Gasteiger partial charge in [0.1, 0.15) is 0 Å². The molecule has 0 atom stereocenters. The first-order valence-electron chi connectivity index (χ1n) is 3.32. The number of fused-ring (bicyclic) bond motifs is 1. The van der Waals surface area contributed by atoms with E-state index in [4.69, 9.17) is 16.3 Å². The summed E-state index contributed by atoms with van der Waals surface area (Å²) >= 11 is 11.1. The van der Waals surface area contributed by atoms with Crippen LogP contribution < -0.4 is 0 Å². The topological polar surface area (TPSA) is 9.23 Å². The lowest BCUT2D eigenvalue weighted by Crippen LogP contribution is -2.06.